The number of hydrogen-bond donors (Lipinski definition) is 0. The highest BCUT2D eigenvalue weighted by Crippen LogP contribution is 2.06. The second-order valence-corrected chi connectivity index (χ2v) is 4.12. The maximum atomic E-state index is 10.5. The lowest BCUT2D eigenvalue weighted by molar-refractivity contribution is -0.142. The number of allylic oxidation sites excluding steroid dienone is 2. The lowest BCUT2D eigenvalue weighted by Crippen LogP contribution is -2.00. The van der Waals surface area contributed by atoms with E-state index in [4.69, 9.17) is 4.74 Å². The molecule has 1 heterocycles. The summed E-state index contributed by atoms with van der Waals surface area (Å²) < 4.78 is 4.76. The van der Waals surface area contributed by atoms with Gasteiger partial charge >= 0.3 is 5.97 Å². The number of hydrogen-bond acceptors (Lipinski definition) is 2. The van der Waals surface area contributed by atoms with Crippen LogP contribution in [-0.4, -0.2) is 12.6 Å². The van der Waals surface area contributed by atoms with Crippen molar-refractivity contribution in [2.75, 3.05) is 6.61 Å². The van der Waals surface area contributed by atoms with Gasteiger partial charge in [-0.2, -0.15) is 0 Å². The molecule has 2 rings (SSSR count). The van der Waals surface area contributed by atoms with Crippen LogP contribution < -0.4 is 0 Å². The van der Waals surface area contributed by atoms with Crippen LogP contribution in [0.3, 0.4) is 0 Å². The van der Waals surface area contributed by atoms with Crippen LogP contribution in [0.5, 0.6) is 0 Å². The molecule has 2 heteroatoms. The van der Waals surface area contributed by atoms with E-state index >= 15 is 0 Å². The van der Waals surface area contributed by atoms with Crippen molar-refractivity contribution in [1.82, 2.24) is 0 Å². The van der Waals surface area contributed by atoms with Crippen molar-refractivity contribution in [2.24, 2.45) is 0 Å². The SMILES string of the molecule is C=CC=C.C=Cc1ccccc1.O=C1CCCCCO1. The molecule has 1 aromatic carbocycles. The zero-order valence-electron chi connectivity index (χ0n) is 12.1. The van der Waals surface area contributed by atoms with Crippen molar-refractivity contribution in [3.05, 3.63) is 67.8 Å². The number of rotatable bonds is 2. The molecule has 0 aliphatic carbocycles. The summed E-state index contributed by atoms with van der Waals surface area (Å²) in [6, 6.07) is 10.0. The van der Waals surface area contributed by atoms with Crippen LogP contribution >= 0.6 is 0 Å². The Morgan fingerprint density at radius 2 is 1.60 bits per heavy atom. The van der Waals surface area contributed by atoms with Crippen LogP contribution in [0.2, 0.25) is 0 Å². The van der Waals surface area contributed by atoms with Gasteiger partial charge in [-0.05, 0) is 24.8 Å². The predicted molar refractivity (Wildman–Crippen MR) is 86.4 cm³/mol. The zero-order chi connectivity index (χ0) is 15.1. The first kappa shape index (κ1) is 17.9. The van der Waals surface area contributed by atoms with E-state index in [9.17, 15) is 4.79 Å². The van der Waals surface area contributed by atoms with Crippen molar-refractivity contribution >= 4 is 12.0 Å². The summed E-state index contributed by atoms with van der Waals surface area (Å²) >= 11 is 0. The molecule has 2 nitrogen and oxygen atoms in total. The molecule has 1 aliphatic rings. The lowest BCUT2D eigenvalue weighted by atomic mass is 10.2. The van der Waals surface area contributed by atoms with Gasteiger partial charge in [-0.1, -0.05) is 68.3 Å². The van der Waals surface area contributed by atoms with Crippen molar-refractivity contribution in [3.63, 3.8) is 0 Å². The minimum absolute atomic E-state index is 0.0255. The number of esters is 1. The molecule has 108 valence electrons. The molecule has 0 saturated carbocycles. The normalized spacial score (nSPS) is 13.1. The number of cyclic esters (lactones) is 1. The van der Waals surface area contributed by atoms with E-state index in [1.807, 2.05) is 36.4 Å². The second kappa shape index (κ2) is 13.3. The molecule has 0 unspecified atom stereocenters. The predicted octanol–water partition coefficient (Wildman–Crippen LogP) is 4.79. The van der Waals surface area contributed by atoms with Gasteiger partial charge in [-0.15, -0.1) is 0 Å². The van der Waals surface area contributed by atoms with Crippen molar-refractivity contribution in [3.8, 4) is 0 Å². The van der Waals surface area contributed by atoms with Crippen LogP contribution in [0.15, 0.2) is 62.2 Å². The average molecular weight is 272 g/mol. The largest absolute Gasteiger partial charge is 0.466 e. The summed E-state index contributed by atoms with van der Waals surface area (Å²) in [5.74, 6) is -0.0255. The molecule has 1 fully saturated rings. The number of benzene rings is 1. The third-order valence-electron chi connectivity index (χ3n) is 2.49. The first-order valence-electron chi connectivity index (χ1n) is 6.81. The van der Waals surface area contributed by atoms with Crippen molar-refractivity contribution in [1.29, 1.82) is 0 Å². The van der Waals surface area contributed by atoms with Gasteiger partial charge in [-0.3, -0.25) is 4.79 Å². The summed E-state index contributed by atoms with van der Waals surface area (Å²) in [4.78, 5) is 10.5. The fraction of sp³-hybridized carbons (Fsp3) is 0.278. The maximum absolute atomic E-state index is 10.5. The standard InChI is InChI=1S/C8H8.C6H10O2.C4H6/c1-2-8-6-4-3-5-7-8;7-6-4-2-1-3-5-8-6;1-3-4-2/h2-7H,1H2;1-5H2;3-4H,1-2H2. The van der Waals surface area contributed by atoms with Gasteiger partial charge in [0.15, 0.2) is 0 Å². The molecular weight excluding hydrogens is 248 g/mol. The van der Waals surface area contributed by atoms with E-state index in [-0.39, 0.29) is 5.97 Å². The molecule has 1 aliphatic heterocycles. The molecule has 0 radical (unpaired) electrons. The van der Waals surface area contributed by atoms with Crippen LogP contribution in [0.4, 0.5) is 0 Å². The molecule has 1 aromatic rings. The summed E-state index contributed by atoms with van der Waals surface area (Å²) in [6.45, 7) is 11.0. The molecule has 0 atom stereocenters. The fourth-order valence-electron chi connectivity index (χ4n) is 1.40. The van der Waals surface area contributed by atoms with Crippen LogP contribution in [-0.2, 0) is 9.53 Å². The lowest BCUT2D eigenvalue weighted by Gasteiger charge is -1.93. The third kappa shape index (κ3) is 11.0. The average Bonchev–Trinajstić information content (AvgIpc) is 2.76. The van der Waals surface area contributed by atoms with Crippen LogP contribution in [0.25, 0.3) is 6.08 Å². The van der Waals surface area contributed by atoms with E-state index in [2.05, 4.69) is 19.7 Å². The molecule has 0 amide bonds. The third-order valence-corrected chi connectivity index (χ3v) is 2.49. The highest BCUT2D eigenvalue weighted by atomic mass is 16.5. The van der Waals surface area contributed by atoms with E-state index in [0.717, 1.165) is 19.3 Å². The molecule has 0 bridgehead atoms. The van der Waals surface area contributed by atoms with Crippen LogP contribution in [0, 0.1) is 0 Å². The summed E-state index contributed by atoms with van der Waals surface area (Å²) in [5.41, 5.74) is 1.17. The first-order chi connectivity index (χ1) is 9.74. The van der Waals surface area contributed by atoms with Gasteiger partial charge in [0.1, 0.15) is 0 Å². The Balaban J connectivity index is 0.000000289. The minimum atomic E-state index is -0.0255. The topological polar surface area (TPSA) is 26.3 Å². The highest BCUT2D eigenvalue weighted by Gasteiger charge is 2.05. The summed E-state index contributed by atoms with van der Waals surface area (Å²) in [7, 11) is 0. The molecule has 0 N–H and O–H groups in total. The molecule has 0 spiro atoms. The fourth-order valence-corrected chi connectivity index (χ4v) is 1.40. The Morgan fingerprint density at radius 3 is 2.10 bits per heavy atom. The first-order valence-corrected chi connectivity index (χ1v) is 6.81. The van der Waals surface area contributed by atoms with Gasteiger partial charge in [0, 0.05) is 6.42 Å². The van der Waals surface area contributed by atoms with E-state index in [0.29, 0.717) is 13.0 Å². The number of carbonyl (C=O) groups excluding carboxylic acids is 1. The van der Waals surface area contributed by atoms with E-state index in [1.165, 1.54) is 5.56 Å². The van der Waals surface area contributed by atoms with Gasteiger partial charge < -0.3 is 4.74 Å². The molecule has 1 saturated heterocycles. The Hall–Kier alpha value is -2.09. The quantitative estimate of drug-likeness (QED) is 0.571. The smallest absolute Gasteiger partial charge is 0.305 e. The Labute approximate surface area is 122 Å². The maximum Gasteiger partial charge on any atom is 0.305 e. The number of carbonyl (C=O) groups is 1. The van der Waals surface area contributed by atoms with Gasteiger partial charge in [0.25, 0.3) is 0 Å². The summed E-state index contributed by atoms with van der Waals surface area (Å²) in [5, 5.41) is 0. The van der Waals surface area contributed by atoms with E-state index in [1.54, 1.807) is 12.2 Å². The Kier molecular flexibility index (Phi) is 11.9. The number of ether oxygens (including phenoxy) is 1. The van der Waals surface area contributed by atoms with Crippen molar-refractivity contribution < 1.29 is 9.53 Å². The zero-order valence-corrected chi connectivity index (χ0v) is 12.1. The monoisotopic (exact) mass is 272 g/mol. The van der Waals surface area contributed by atoms with Gasteiger partial charge in [0.05, 0.1) is 6.61 Å². The molecular formula is C18H24O2. The van der Waals surface area contributed by atoms with Gasteiger partial charge in [0.2, 0.25) is 0 Å². The Bertz CT molecular complexity index is 377. The molecule has 0 aromatic heterocycles. The molecule has 20 heavy (non-hydrogen) atoms. The Morgan fingerprint density at radius 1 is 0.950 bits per heavy atom. The van der Waals surface area contributed by atoms with Crippen molar-refractivity contribution in [2.45, 2.75) is 25.7 Å². The minimum Gasteiger partial charge on any atom is -0.466 e. The van der Waals surface area contributed by atoms with Crippen LogP contribution in [0.1, 0.15) is 31.2 Å². The summed E-state index contributed by atoms with van der Waals surface area (Å²) in [6.07, 6.45) is 8.94. The van der Waals surface area contributed by atoms with Gasteiger partial charge in [-0.25, -0.2) is 0 Å². The second-order valence-electron chi connectivity index (χ2n) is 4.12. The highest BCUT2D eigenvalue weighted by molar-refractivity contribution is 5.69. The van der Waals surface area contributed by atoms with E-state index < -0.39 is 0 Å².